The minimum Gasteiger partial charge on any atom is -0.327 e. The number of carbonyl (C=O) groups excluding carboxylic acids is 1. The van der Waals surface area contributed by atoms with Crippen LogP contribution in [0.15, 0.2) is 54.4 Å². The summed E-state index contributed by atoms with van der Waals surface area (Å²) in [6, 6.07) is 6.65. The number of carbonyl (C=O) groups is 1. The molecule has 1 aromatic rings. The van der Waals surface area contributed by atoms with Crippen molar-refractivity contribution in [3.05, 3.63) is 65.5 Å². The van der Waals surface area contributed by atoms with Gasteiger partial charge in [-0.2, -0.15) is 0 Å². The van der Waals surface area contributed by atoms with Crippen LogP contribution in [0.5, 0.6) is 0 Å². The quantitative estimate of drug-likeness (QED) is 0.429. The first-order chi connectivity index (χ1) is 15.8. The SMILES string of the molecule is C=C1N(c2c(C(C)C)cccc2C(C)C)CC(C)(C)C(=O)N1C1C(C(C)C)=CC=CC1C(C)C. The van der Waals surface area contributed by atoms with Gasteiger partial charge in [0.05, 0.1) is 11.5 Å². The number of para-hydroxylation sites is 1. The van der Waals surface area contributed by atoms with Gasteiger partial charge < -0.3 is 4.90 Å². The van der Waals surface area contributed by atoms with E-state index in [9.17, 15) is 4.79 Å². The largest absolute Gasteiger partial charge is 0.327 e. The summed E-state index contributed by atoms with van der Waals surface area (Å²) < 4.78 is 0. The molecule has 34 heavy (non-hydrogen) atoms. The van der Waals surface area contributed by atoms with E-state index in [2.05, 4.69) is 122 Å². The average Bonchev–Trinajstić information content (AvgIpc) is 2.75. The minimum absolute atomic E-state index is 0.0132. The van der Waals surface area contributed by atoms with Crippen LogP contribution in [0.1, 0.15) is 92.2 Å². The van der Waals surface area contributed by atoms with Crippen molar-refractivity contribution in [3.8, 4) is 0 Å². The highest BCUT2D eigenvalue weighted by molar-refractivity contribution is 5.88. The molecule has 2 atom stereocenters. The molecule has 0 saturated carbocycles. The van der Waals surface area contributed by atoms with Crippen molar-refractivity contribution in [3.63, 3.8) is 0 Å². The molecule has 0 aromatic heterocycles. The second kappa shape index (κ2) is 9.76. The predicted molar refractivity (Wildman–Crippen MR) is 146 cm³/mol. The summed E-state index contributed by atoms with van der Waals surface area (Å²) >= 11 is 0. The molecule has 3 rings (SSSR count). The topological polar surface area (TPSA) is 23.6 Å². The molecule has 1 saturated heterocycles. The van der Waals surface area contributed by atoms with Gasteiger partial charge in [0, 0.05) is 18.2 Å². The maximum absolute atomic E-state index is 14.1. The summed E-state index contributed by atoms with van der Waals surface area (Å²) in [5.41, 5.74) is 4.67. The second-order valence-electron chi connectivity index (χ2n) is 12.1. The van der Waals surface area contributed by atoms with Crippen LogP contribution in [-0.4, -0.2) is 23.4 Å². The Labute approximate surface area is 208 Å². The van der Waals surface area contributed by atoms with Crippen LogP contribution >= 0.6 is 0 Å². The summed E-state index contributed by atoms with van der Waals surface area (Å²) in [5, 5.41) is 0. The van der Waals surface area contributed by atoms with E-state index >= 15 is 0 Å². The molecule has 1 heterocycles. The van der Waals surface area contributed by atoms with Gasteiger partial charge in [-0.05, 0) is 54.2 Å². The van der Waals surface area contributed by atoms with Crippen LogP contribution in [0.3, 0.4) is 0 Å². The first kappa shape index (κ1) is 26.3. The summed E-state index contributed by atoms with van der Waals surface area (Å²) in [7, 11) is 0. The van der Waals surface area contributed by atoms with Crippen molar-refractivity contribution in [2.24, 2.45) is 23.2 Å². The molecule has 3 heteroatoms. The third-order valence-electron chi connectivity index (χ3n) is 7.60. The summed E-state index contributed by atoms with van der Waals surface area (Å²) in [6.45, 7) is 27.4. The van der Waals surface area contributed by atoms with Crippen LogP contribution in [0, 0.1) is 23.2 Å². The number of nitrogens with zero attached hydrogens (tertiary/aromatic N) is 2. The molecule has 186 valence electrons. The molecule has 1 aromatic carbocycles. The zero-order chi connectivity index (χ0) is 25.5. The number of rotatable bonds is 6. The van der Waals surface area contributed by atoms with Gasteiger partial charge in [-0.25, -0.2) is 0 Å². The Kier molecular flexibility index (Phi) is 7.55. The Bertz CT molecular complexity index is 966. The van der Waals surface area contributed by atoms with Crippen molar-refractivity contribution in [2.75, 3.05) is 11.4 Å². The van der Waals surface area contributed by atoms with Crippen LogP contribution < -0.4 is 4.90 Å². The van der Waals surface area contributed by atoms with Gasteiger partial charge in [0.25, 0.3) is 0 Å². The Morgan fingerprint density at radius 3 is 1.97 bits per heavy atom. The molecule has 1 aliphatic heterocycles. The average molecular weight is 463 g/mol. The normalized spacial score (nSPS) is 23.1. The maximum Gasteiger partial charge on any atom is 0.236 e. The molecule has 2 aliphatic rings. The van der Waals surface area contributed by atoms with Gasteiger partial charge in [-0.15, -0.1) is 0 Å². The molecule has 0 bridgehead atoms. The number of hydrogen-bond acceptors (Lipinski definition) is 2. The number of anilines is 1. The molecule has 0 radical (unpaired) electrons. The number of amides is 1. The monoisotopic (exact) mass is 462 g/mol. The lowest BCUT2D eigenvalue weighted by Gasteiger charge is -2.52. The third kappa shape index (κ3) is 4.63. The van der Waals surface area contributed by atoms with Crippen LogP contribution in [0.4, 0.5) is 5.69 Å². The lowest BCUT2D eigenvalue weighted by molar-refractivity contribution is -0.142. The molecular weight excluding hydrogens is 416 g/mol. The van der Waals surface area contributed by atoms with E-state index in [1.54, 1.807) is 0 Å². The molecule has 0 spiro atoms. The van der Waals surface area contributed by atoms with Gasteiger partial charge in [-0.1, -0.05) is 98.4 Å². The summed E-state index contributed by atoms with van der Waals surface area (Å²) in [5.74, 6) is 2.77. The fourth-order valence-electron chi connectivity index (χ4n) is 5.61. The van der Waals surface area contributed by atoms with Crippen LogP contribution in [0.25, 0.3) is 0 Å². The maximum atomic E-state index is 14.1. The van der Waals surface area contributed by atoms with E-state index in [0.29, 0.717) is 30.2 Å². The lowest BCUT2D eigenvalue weighted by Crippen LogP contribution is -2.61. The van der Waals surface area contributed by atoms with Gasteiger partial charge in [0.15, 0.2) is 0 Å². The molecule has 1 amide bonds. The third-order valence-corrected chi connectivity index (χ3v) is 7.60. The number of allylic oxidation sites excluding steroid dienone is 2. The van der Waals surface area contributed by atoms with Crippen molar-refractivity contribution >= 4 is 11.6 Å². The summed E-state index contributed by atoms with van der Waals surface area (Å²) in [6.07, 6.45) is 6.69. The van der Waals surface area contributed by atoms with Crippen LogP contribution in [-0.2, 0) is 4.79 Å². The molecule has 0 N–H and O–H groups in total. The Hall–Kier alpha value is -2.29. The summed E-state index contributed by atoms with van der Waals surface area (Å²) in [4.78, 5) is 18.5. The minimum atomic E-state index is -0.524. The lowest BCUT2D eigenvalue weighted by atomic mass is 9.75. The first-order valence-electron chi connectivity index (χ1n) is 13.1. The highest BCUT2D eigenvalue weighted by Gasteiger charge is 2.48. The van der Waals surface area contributed by atoms with E-state index in [-0.39, 0.29) is 17.9 Å². The van der Waals surface area contributed by atoms with Crippen molar-refractivity contribution in [1.29, 1.82) is 0 Å². The molecule has 1 fully saturated rings. The first-order valence-corrected chi connectivity index (χ1v) is 13.1. The van der Waals surface area contributed by atoms with Gasteiger partial charge in [0.1, 0.15) is 5.82 Å². The van der Waals surface area contributed by atoms with E-state index < -0.39 is 5.41 Å². The smallest absolute Gasteiger partial charge is 0.236 e. The second-order valence-corrected chi connectivity index (χ2v) is 12.1. The predicted octanol–water partition coefficient (Wildman–Crippen LogP) is 7.87. The van der Waals surface area contributed by atoms with Crippen molar-refractivity contribution < 1.29 is 4.79 Å². The fraction of sp³-hybridized carbons (Fsp3) is 0.581. The molecule has 3 nitrogen and oxygen atoms in total. The highest BCUT2D eigenvalue weighted by Crippen LogP contribution is 2.45. The molecular formula is C31H46N2O. The van der Waals surface area contributed by atoms with Gasteiger partial charge >= 0.3 is 0 Å². The van der Waals surface area contributed by atoms with E-state index in [1.807, 2.05) is 0 Å². The molecule has 2 unspecified atom stereocenters. The number of benzene rings is 1. The van der Waals surface area contributed by atoms with E-state index in [1.165, 1.54) is 22.4 Å². The fourth-order valence-corrected chi connectivity index (χ4v) is 5.61. The van der Waals surface area contributed by atoms with Gasteiger partial charge in [-0.3, -0.25) is 9.69 Å². The van der Waals surface area contributed by atoms with Crippen LogP contribution in [0.2, 0.25) is 0 Å². The number of hydrogen-bond donors (Lipinski definition) is 0. The van der Waals surface area contributed by atoms with Gasteiger partial charge in [0.2, 0.25) is 5.91 Å². The highest BCUT2D eigenvalue weighted by atomic mass is 16.2. The Morgan fingerprint density at radius 2 is 1.50 bits per heavy atom. The Morgan fingerprint density at radius 1 is 0.941 bits per heavy atom. The zero-order valence-corrected chi connectivity index (χ0v) is 23.1. The van der Waals surface area contributed by atoms with E-state index in [0.717, 1.165) is 5.82 Å². The van der Waals surface area contributed by atoms with Crippen molar-refractivity contribution in [1.82, 2.24) is 4.90 Å². The zero-order valence-electron chi connectivity index (χ0n) is 23.1. The molecule has 1 aliphatic carbocycles. The Balaban J connectivity index is 2.23. The van der Waals surface area contributed by atoms with E-state index in [4.69, 9.17) is 0 Å². The van der Waals surface area contributed by atoms with Crippen molar-refractivity contribution in [2.45, 2.75) is 87.1 Å². The standard InChI is InChI=1S/C31H46N2O/c1-19(2)24-14-12-15-25(20(3)4)28(24)32-18-31(10,11)30(34)33(23(32)9)29-26(21(5)6)16-13-17-27(29)22(7)8/h12-17,19-22,26,29H,9,18H2,1-8,10-11H3.